The standard InChI is InChI=1S/C21H23N5O4/c1-11-12(2)25-17-18(23(5)21(29)26(19(17)28)13(3)14(4)27)22-20(25)24(11)15-8-7-9-16(10-15)30-6/h7-10,13H,1-6H3/t13-/m0/s1. The molecule has 0 amide bonds. The summed E-state index contributed by atoms with van der Waals surface area (Å²) in [6.45, 7) is 6.74. The van der Waals surface area contributed by atoms with Crippen LogP contribution in [-0.2, 0) is 11.8 Å². The number of rotatable bonds is 4. The number of carbonyl (C=O) groups is 1. The van der Waals surface area contributed by atoms with Crippen molar-refractivity contribution in [1.82, 2.24) is 23.1 Å². The number of benzene rings is 1. The Morgan fingerprint density at radius 3 is 2.50 bits per heavy atom. The number of ketones is 1. The van der Waals surface area contributed by atoms with E-state index in [4.69, 9.17) is 4.74 Å². The fourth-order valence-corrected chi connectivity index (χ4v) is 3.80. The van der Waals surface area contributed by atoms with Gasteiger partial charge in [0, 0.05) is 24.5 Å². The van der Waals surface area contributed by atoms with Crippen LogP contribution < -0.4 is 16.0 Å². The lowest BCUT2D eigenvalue weighted by Crippen LogP contribution is -2.42. The third kappa shape index (κ3) is 2.54. The van der Waals surface area contributed by atoms with Crippen molar-refractivity contribution in [2.75, 3.05) is 7.11 Å². The van der Waals surface area contributed by atoms with Crippen molar-refractivity contribution >= 4 is 22.7 Å². The van der Waals surface area contributed by atoms with Crippen molar-refractivity contribution in [2.24, 2.45) is 7.05 Å². The minimum absolute atomic E-state index is 0.266. The van der Waals surface area contributed by atoms with Crippen molar-refractivity contribution in [3.63, 3.8) is 0 Å². The first-order valence-corrected chi connectivity index (χ1v) is 9.55. The monoisotopic (exact) mass is 409 g/mol. The zero-order chi connectivity index (χ0) is 21.9. The van der Waals surface area contributed by atoms with E-state index in [-0.39, 0.29) is 16.9 Å². The number of fused-ring (bicyclic) bond motifs is 3. The van der Waals surface area contributed by atoms with E-state index >= 15 is 0 Å². The molecule has 0 aliphatic carbocycles. The SMILES string of the molecule is COc1cccc(-n2c(C)c(C)n3c4c(=O)n([C@@H](C)C(C)=O)c(=O)n(C)c4nc23)c1. The summed E-state index contributed by atoms with van der Waals surface area (Å²) >= 11 is 0. The first-order chi connectivity index (χ1) is 14.2. The zero-order valence-electron chi connectivity index (χ0n) is 17.8. The summed E-state index contributed by atoms with van der Waals surface area (Å²) < 4.78 is 11.3. The van der Waals surface area contributed by atoms with Gasteiger partial charge in [-0.05, 0) is 39.8 Å². The lowest BCUT2D eigenvalue weighted by molar-refractivity contribution is -0.119. The quantitative estimate of drug-likeness (QED) is 0.513. The minimum atomic E-state index is -0.868. The number of hydrogen-bond acceptors (Lipinski definition) is 5. The molecule has 0 spiro atoms. The molecular formula is C21H23N5O4. The minimum Gasteiger partial charge on any atom is -0.497 e. The fraction of sp³-hybridized carbons (Fsp3) is 0.333. The van der Waals surface area contributed by atoms with Gasteiger partial charge in [0.15, 0.2) is 16.9 Å². The van der Waals surface area contributed by atoms with Crippen LogP contribution in [0.1, 0.15) is 31.3 Å². The van der Waals surface area contributed by atoms with E-state index in [1.807, 2.05) is 42.7 Å². The molecule has 0 aliphatic rings. The Kier molecular flexibility index (Phi) is 4.41. The molecule has 0 N–H and O–H groups in total. The average molecular weight is 409 g/mol. The summed E-state index contributed by atoms with van der Waals surface area (Å²) in [6, 6.07) is 6.65. The van der Waals surface area contributed by atoms with Gasteiger partial charge in [-0.15, -0.1) is 0 Å². The van der Waals surface area contributed by atoms with Crippen LogP contribution in [0.3, 0.4) is 0 Å². The Morgan fingerprint density at radius 2 is 1.87 bits per heavy atom. The topological polar surface area (TPSA) is 92.5 Å². The van der Waals surface area contributed by atoms with Crippen LogP contribution in [0, 0.1) is 13.8 Å². The Balaban J connectivity index is 2.18. The second-order valence-corrected chi connectivity index (χ2v) is 7.43. The van der Waals surface area contributed by atoms with E-state index < -0.39 is 17.3 Å². The molecular weight excluding hydrogens is 386 g/mol. The molecule has 4 aromatic rings. The average Bonchev–Trinajstić information content (AvgIpc) is 3.22. The maximum atomic E-state index is 13.3. The number of carbonyl (C=O) groups excluding carboxylic acids is 1. The normalized spacial score (nSPS) is 12.6. The van der Waals surface area contributed by atoms with Gasteiger partial charge in [-0.25, -0.2) is 9.36 Å². The molecule has 1 aromatic carbocycles. The summed E-state index contributed by atoms with van der Waals surface area (Å²) in [5, 5.41) is 0. The number of ether oxygens (including phenoxy) is 1. The molecule has 4 rings (SSSR count). The number of imidazole rings is 2. The molecule has 3 aromatic heterocycles. The summed E-state index contributed by atoms with van der Waals surface area (Å²) in [4.78, 5) is 42.7. The molecule has 0 fully saturated rings. The molecule has 156 valence electrons. The molecule has 9 heteroatoms. The Bertz CT molecular complexity index is 1450. The van der Waals surface area contributed by atoms with Crippen LogP contribution in [0.25, 0.3) is 22.6 Å². The second kappa shape index (κ2) is 6.72. The number of Topliss-reactive ketones (excluding diaryl/α,β-unsaturated/α-hetero) is 1. The van der Waals surface area contributed by atoms with E-state index in [0.717, 1.165) is 21.6 Å². The molecule has 0 saturated heterocycles. The predicted octanol–water partition coefficient (Wildman–Crippen LogP) is 1.91. The Hall–Kier alpha value is -3.62. The molecule has 9 nitrogen and oxygen atoms in total. The summed E-state index contributed by atoms with van der Waals surface area (Å²) in [5.41, 5.74) is 1.96. The van der Waals surface area contributed by atoms with Gasteiger partial charge in [-0.1, -0.05) is 6.07 Å². The molecule has 0 bridgehead atoms. The molecule has 3 heterocycles. The van der Waals surface area contributed by atoms with E-state index in [9.17, 15) is 14.4 Å². The van der Waals surface area contributed by atoms with E-state index in [0.29, 0.717) is 11.5 Å². The predicted molar refractivity (Wildman–Crippen MR) is 113 cm³/mol. The van der Waals surface area contributed by atoms with Gasteiger partial charge in [0.05, 0.1) is 18.8 Å². The van der Waals surface area contributed by atoms with Crippen molar-refractivity contribution in [1.29, 1.82) is 0 Å². The number of hydrogen-bond donors (Lipinski definition) is 0. The highest BCUT2D eigenvalue weighted by atomic mass is 16.5. The van der Waals surface area contributed by atoms with Gasteiger partial charge in [0.1, 0.15) is 5.75 Å². The molecule has 0 radical (unpaired) electrons. The molecule has 0 saturated carbocycles. The number of aromatic nitrogens is 5. The Morgan fingerprint density at radius 1 is 1.17 bits per heavy atom. The van der Waals surface area contributed by atoms with Gasteiger partial charge >= 0.3 is 5.69 Å². The third-order valence-electron chi connectivity index (χ3n) is 5.75. The van der Waals surface area contributed by atoms with Gasteiger partial charge in [0.2, 0.25) is 5.78 Å². The second-order valence-electron chi connectivity index (χ2n) is 7.43. The van der Waals surface area contributed by atoms with Crippen LogP contribution in [0.15, 0.2) is 33.9 Å². The lowest BCUT2D eigenvalue weighted by Gasteiger charge is -2.12. The van der Waals surface area contributed by atoms with Crippen molar-refractivity contribution in [3.05, 3.63) is 56.5 Å². The molecule has 30 heavy (non-hydrogen) atoms. The molecule has 0 unspecified atom stereocenters. The third-order valence-corrected chi connectivity index (χ3v) is 5.75. The van der Waals surface area contributed by atoms with Crippen LogP contribution >= 0.6 is 0 Å². The smallest absolute Gasteiger partial charge is 0.333 e. The Labute approximate surface area is 171 Å². The number of methoxy groups -OCH3 is 1. The van der Waals surface area contributed by atoms with Gasteiger partial charge in [0.25, 0.3) is 5.56 Å². The zero-order valence-corrected chi connectivity index (χ0v) is 17.8. The van der Waals surface area contributed by atoms with Crippen molar-refractivity contribution < 1.29 is 9.53 Å². The first kappa shape index (κ1) is 19.7. The van der Waals surface area contributed by atoms with Gasteiger partial charge in [-0.3, -0.25) is 23.1 Å². The lowest BCUT2D eigenvalue weighted by atomic mass is 10.2. The summed E-state index contributed by atoms with van der Waals surface area (Å²) in [6.07, 6.45) is 0. The highest BCUT2D eigenvalue weighted by Crippen LogP contribution is 2.26. The molecule has 0 aliphatic heterocycles. The van der Waals surface area contributed by atoms with Crippen LogP contribution in [0.4, 0.5) is 0 Å². The van der Waals surface area contributed by atoms with E-state index in [2.05, 4.69) is 4.98 Å². The number of nitrogens with zero attached hydrogens (tertiary/aromatic N) is 5. The summed E-state index contributed by atoms with van der Waals surface area (Å²) in [7, 11) is 3.15. The van der Waals surface area contributed by atoms with Crippen LogP contribution in [0.5, 0.6) is 5.75 Å². The highest BCUT2D eigenvalue weighted by molar-refractivity contribution is 5.81. The highest BCUT2D eigenvalue weighted by Gasteiger charge is 2.25. The largest absolute Gasteiger partial charge is 0.497 e. The van der Waals surface area contributed by atoms with E-state index in [1.165, 1.54) is 11.5 Å². The van der Waals surface area contributed by atoms with Crippen LogP contribution in [0.2, 0.25) is 0 Å². The van der Waals surface area contributed by atoms with Gasteiger partial charge in [-0.2, -0.15) is 4.98 Å². The van der Waals surface area contributed by atoms with Crippen molar-refractivity contribution in [2.45, 2.75) is 33.7 Å². The van der Waals surface area contributed by atoms with Gasteiger partial charge < -0.3 is 4.74 Å². The first-order valence-electron chi connectivity index (χ1n) is 9.55. The van der Waals surface area contributed by atoms with Crippen LogP contribution in [-0.4, -0.2) is 36.0 Å². The van der Waals surface area contributed by atoms with Crippen molar-refractivity contribution in [3.8, 4) is 11.4 Å². The summed E-state index contributed by atoms with van der Waals surface area (Å²) in [5.74, 6) is 0.933. The molecule has 1 atom stereocenters. The maximum Gasteiger partial charge on any atom is 0.333 e. The number of aryl methyl sites for hydroxylation is 2. The fourth-order valence-electron chi connectivity index (χ4n) is 3.80. The van der Waals surface area contributed by atoms with E-state index in [1.54, 1.807) is 25.5 Å². The maximum absolute atomic E-state index is 13.3.